The molecule has 0 spiro atoms. The second-order valence-electron chi connectivity index (χ2n) is 9.69. The standard InChI is InChI=1S/C28H28FN5O2/c29-23-7-9-24(10-8-23)34-26-11-6-21(16-22(26)17-30-34)28(36)33-18-25(19-33)31-12-14-32(15-13-31)27(35)20-4-2-1-3-5-20/h1-11,16-17,22,25-26H,12-15,18-19H2. The molecule has 184 valence electrons. The second-order valence-corrected chi connectivity index (χ2v) is 9.69. The molecule has 4 aliphatic rings. The van der Waals surface area contributed by atoms with Crippen LogP contribution in [0.2, 0.25) is 0 Å². The van der Waals surface area contributed by atoms with Crippen molar-refractivity contribution in [3.63, 3.8) is 0 Å². The molecule has 0 aromatic heterocycles. The van der Waals surface area contributed by atoms with Gasteiger partial charge in [-0.2, -0.15) is 5.10 Å². The molecule has 8 heteroatoms. The lowest BCUT2D eigenvalue weighted by molar-refractivity contribution is -0.134. The molecule has 3 aliphatic heterocycles. The number of anilines is 1. The molecular formula is C28H28FN5O2. The quantitative estimate of drug-likeness (QED) is 0.669. The van der Waals surface area contributed by atoms with Crippen LogP contribution in [-0.4, -0.2) is 84.1 Å². The van der Waals surface area contributed by atoms with E-state index in [1.807, 2.05) is 69.6 Å². The van der Waals surface area contributed by atoms with Crippen LogP contribution < -0.4 is 5.01 Å². The van der Waals surface area contributed by atoms with Crippen LogP contribution in [-0.2, 0) is 4.79 Å². The number of rotatable bonds is 4. The Balaban J connectivity index is 1.00. The van der Waals surface area contributed by atoms with Crippen LogP contribution in [0.5, 0.6) is 0 Å². The van der Waals surface area contributed by atoms with Crippen molar-refractivity contribution < 1.29 is 14.0 Å². The Morgan fingerprint density at radius 1 is 0.861 bits per heavy atom. The zero-order chi connectivity index (χ0) is 24.6. The molecule has 0 saturated carbocycles. The fourth-order valence-corrected chi connectivity index (χ4v) is 5.36. The van der Waals surface area contributed by atoms with E-state index in [1.165, 1.54) is 12.1 Å². The monoisotopic (exact) mass is 485 g/mol. The fourth-order valence-electron chi connectivity index (χ4n) is 5.36. The molecule has 2 aromatic carbocycles. The van der Waals surface area contributed by atoms with E-state index in [9.17, 15) is 14.0 Å². The van der Waals surface area contributed by atoms with E-state index in [-0.39, 0.29) is 29.6 Å². The summed E-state index contributed by atoms with van der Waals surface area (Å²) in [6.45, 7) is 4.49. The summed E-state index contributed by atoms with van der Waals surface area (Å²) >= 11 is 0. The van der Waals surface area contributed by atoms with Crippen LogP contribution in [0, 0.1) is 11.7 Å². The number of hydrazone groups is 1. The summed E-state index contributed by atoms with van der Waals surface area (Å²) in [7, 11) is 0. The third kappa shape index (κ3) is 4.22. The minimum Gasteiger partial charge on any atom is -0.336 e. The molecule has 0 bridgehead atoms. The highest BCUT2D eigenvalue weighted by molar-refractivity contribution is 5.98. The number of benzene rings is 2. The molecule has 2 saturated heterocycles. The third-order valence-corrected chi connectivity index (χ3v) is 7.51. The van der Waals surface area contributed by atoms with E-state index >= 15 is 0 Å². The number of carbonyl (C=O) groups excluding carboxylic acids is 2. The van der Waals surface area contributed by atoms with Gasteiger partial charge in [-0.1, -0.05) is 36.4 Å². The first-order valence-electron chi connectivity index (χ1n) is 12.4. The molecule has 1 aliphatic carbocycles. The summed E-state index contributed by atoms with van der Waals surface area (Å²) in [6.07, 6.45) is 7.73. The molecule has 2 aromatic rings. The smallest absolute Gasteiger partial charge is 0.253 e. The molecule has 2 fully saturated rings. The number of amides is 2. The summed E-state index contributed by atoms with van der Waals surface area (Å²) < 4.78 is 13.3. The van der Waals surface area contributed by atoms with Crippen molar-refractivity contribution in [1.29, 1.82) is 0 Å². The van der Waals surface area contributed by atoms with Crippen molar-refractivity contribution >= 4 is 23.7 Å². The minimum atomic E-state index is -0.277. The lowest BCUT2D eigenvalue weighted by Gasteiger charge is -2.48. The van der Waals surface area contributed by atoms with Crippen molar-refractivity contribution in [2.45, 2.75) is 12.1 Å². The number of carbonyl (C=O) groups is 2. The van der Waals surface area contributed by atoms with Gasteiger partial charge in [0.25, 0.3) is 11.8 Å². The predicted octanol–water partition coefficient (Wildman–Crippen LogP) is 2.78. The van der Waals surface area contributed by atoms with Gasteiger partial charge in [0.15, 0.2) is 0 Å². The number of piperazine rings is 1. The highest BCUT2D eigenvalue weighted by Crippen LogP contribution is 2.32. The van der Waals surface area contributed by atoms with Crippen LogP contribution in [0.1, 0.15) is 10.4 Å². The molecule has 2 atom stereocenters. The van der Waals surface area contributed by atoms with Crippen molar-refractivity contribution in [2.75, 3.05) is 44.3 Å². The Kier molecular flexibility index (Phi) is 5.89. The average molecular weight is 486 g/mol. The maximum Gasteiger partial charge on any atom is 0.253 e. The molecule has 7 nitrogen and oxygen atoms in total. The van der Waals surface area contributed by atoms with Crippen LogP contribution in [0.4, 0.5) is 10.1 Å². The minimum absolute atomic E-state index is 0.00584. The molecule has 3 heterocycles. The third-order valence-electron chi connectivity index (χ3n) is 7.51. The Bertz CT molecular complexity index is 1230. The molecule has 36 heavy (non-hydrogen) atoms. The maximum atomic E-state index is 13.3. The lowest BCUT2D eigenvalue weighted by Crippen LogP contribution is -2.64. The van der Waals surface area contributed by atoms with Gasteiger partial charge < -0.3 is 9.80 Å². The Morgan fingerprint density at radius 2 is 1.58 bits per heavy atom. The molecular weight excluding hydrogens is 457 g/mol. The van der Waals surface area contributed by atoms with Crippen LogP contribution in [0.25, 0.3) is 0 Å². The van der Waals surface area contributed by atoms with Crippen LogP contribution in [0.3, 0.4) is 0 Å². The highest BCUT2D eigenvalue weighted by atomic mass is 19.1. The predicted molar refractivity (Wildman–Crippen MR) is 136 cm³/mol. The number of halogens is 1. The largest absolute Gasteiger partial charge is 0.336 e. The highest BCUT2D eigenvalue weighted by Gasteiger charge is 2.39. The van der Waals surface area contributed by atoms with E-state index in [0.29, 0.717) is 37.8 Å². The number of hydrogen-bond acceptors (Lipinski definition) is 5. The van der Waals surface area contributed by atoms with E-state index in [1.54, 1.807) is 12.1 Å². The summed E-state index contributed by atoms with van der Waals surface area (Å²) in [4.78, 5) is 32.0. The average Bonchev–Trinajstić information content (AvgIpc) is 3.32. The van der Waals surface area contributed by atoms with Crippen LogP contribution >= 0.6 is 0 Å². The second kappa shape index (κ2) is 9.35. The maximum absolute atomic E-state index is 13.3. The zero-order valence-electron chi connectivity index (χ0n) is 19.9. The van der Waals surface area contributed by atoms with Gasteiger partial charge in [0, 0.05) is 68.6 Å². The summed E-state index contributed by atoms with van der Waals surface area (Å²) in [5, 5.41) is 6.36. The van der Waals surface area contributed by atoms with Crippen molar-refractivity contribution in [3.8, 4) is 0 Å². The number of nitrogens with zero attached hydrogens (tertiary/aromatic N) is 5. The first-order chi connectivity index (χ1) is 17.6. The van der Waals surface area contributed by atoms with Crippen LogP contribution in [0.15, 0.2) is 83.5 Å². The first kappa shape index (κ1) is 22.7. The summed E-state index contributed by atoms with van der Waals surface area (Å²) in [6, 6.07) is 16.0. The van der Waals surface area contributed by atoms with Crippen molar-refractivity contribution in [3.05, 3.63) is 89.8 Å². The molecule has 0 radical (unpaired) electrons. The van der Waals surface area contributed by atoms with Gasteiger partial charge in [0.05, 0.1) is 11.7 Å². The lowest BCUT2D eigenvalue weighted by atomic mass is 9.91. The van der Waals surface area contributed by atoms with Crippen molar-refractivity contribution in [2.24, 2.45) is 11.0 Å². The SMILES string of the molecule is O=C(C1=CC2C=NN(c3ccc(F)cc3)C2C=C1)N1CC(N2CCN(C(=O)c3ccccc3)CC2)C1. The summed E-state index contributed by atoms with van der Waals surface area (Å²) in [5.74, 6) is -0.136. The van der Waals surface area contributed by atoms with Gasteiger partial charge in [-0.15, -0.1) is 0 Å². The van der Waals surface area contributed by atoms with Gasteiger partial charge in [-0.05, 0) is 36.4 Å². The Hall–Kier alpha value is -3.78. The Labute approximate surface area is 209 Å². The fraction of sp³-hybridized carbons (Fsp3) is 0.321. The molecule has 6 rings (SSSR count). The summed E-state index contributed by atoms with van der Waals surface area (Å²) in [5.41, 5.74) is 2.25. The molecule has 0 N–H and O–H groups in total. The van der Waals surface area contributed by atoms with E-state index in [4.69, 9.17) is 0 Å². The molecule has 2 unspecified atom stereocenters. The van der Waals surface area contributed by atoms with Crippen molar-refractivity contribution in [1.82, 2.24) is 14.7 Å². The first-order valence-corrected chi connectivity index (χ1v) is 12.4. The normalized spacial score (nSPS) is 23.9. The van der Waals surface area contributed by atoms with Gasteiger partial charge in [0.1, 0.15) is 5.82 Å². The zero-order valence-corrected chi connectivity index (χ0v) is 19.9. The van der Waals surface area contributed by atoms with Gasteiger partial charge in [0.2, 0.25) is 0 Å². The number of hydrogen-bond donors (Lipinski definition) is 0. The van der Waals surface area contributed by atoms with E-state index in [2.05, 4.69) is 10.0 Å². The van der Waals surface area contributed by atoms with Gasteiger partial charge in [-0.25, -0.2) is 4.39 Å². The Morgan fingerprint density at radius 3 is 2.31 bits per heavy atom. The number of fused-ring (bicyclic) bond motifs is 1. The van der Waals surface area contributed by atoms with Gasteiger partial charge >= 0.3 is 0 Å². The molecule has 2 amide bonds. The van der Waals surface area contributed by atoms with E-state index < -0.39 is 0 Å². The van der Waals surface area contributed by atoms with E-state index in [0.717, 1.165) is 24.3 Å². The van der Waals surface area contributed by atoms with Gasteiger partial charge in [-0.3, -0.25) is 19.5 Å². The topological polar surface area (TPSA) is 59.5 Å². The number of likely N-dealkylation sites (tertiary alicyclic amines) is 1.